The maximum Gasteiger partial charge on any atom is 0.338 e. The second-order valence-corrected chi connectivity index (χ2v) is 9.50. The van der Waals surface area contributed by atoms with Crippen LogP contribution in [0.15, 0.2) is 104 Å². The molecule has 8 nitrogen and oxygen atoms in total. The molecule has 0 bridgehead atoms. The van der Waals surface area contributed by atoms with E-state index >= 15 is 0 Å². The zero-order valence-corrected chi connectivity index (χ0v) is 24.3. The zero-order chi connectivity index (χ0) is 31.0. The molecule has 3 rings (SSSR count). The fourth-order valence-corrected chi connectivity index (χ4v) is 3.80. The molecule has 0 saturated carbocycles. The highest BCUT2D eigenvalue weighted by molar-refractivity contribution is 5.88. The van der Waals surface area contributed by atoms with Crippen molar-refractivity contribution in [3.63, 3.8) is 0 Å². The van der Waals surface area contributed by atoms with E-state index in [1.807, 2.05) is 42.5 Å². The number of ether oxygens (including phenoxy) is 5. The summed E-state index contributed by atoms with van der Waals surface area (Å²) in [6, 6.07) is 21.3. The number of benzene rings is 3. The van der Waals surface area contributed by atoms with Crippen LogP contribution in [0.5, 0.6) is 17.2 Å². The summed E-state index contributed by atoms with van der Waals surface area (Å²) in [6.45, 7) is 13.0. The normalized spacial score (nSPS) is 10.3. The van der Waals surface area contributed by atoms with Crippen molar-refractivity contribution >= 4 is 17.9 Å². The van der Waals surface area contributed by atoms with E-state index in [4.69, 9.17) is 23.7 Å². The van der Waals surface area contributed by atoms with Gasteiger partial charge in [-0.15, -0.1) is 0 Å². The van der Waals surface area contributed by atoms with Crippen LogP contribution in [-0.4, -0.2) is 44.3 Å². The highest BCUT2D eigenvalue weighted by Gasteiger charge is 2.10. The van der Waals surface area contributed by atoms with Crippen LogP contribution in [0.3, 0.4) is 0 Å². The molecule has 0 aliphatic heterocycles. The fourth-order valence-electron chi connectivity index (χ4n) is 3.80. The summed E-state index contributed by atoms with van der Waals surface area (Å²) in [7, 11) is 0. The van der Waals surface area contributed by atoms with Crippen LogP contribution in [0.4, 0.5) is 0 Å². The number of esters is 3. The van der Waals surface area contributed by atoms with Crippen molar-refractivity contribution in [2.45, 2.75) is 26.2 Å². The van der Waals surface area contributed by atoms with Crippen LogP contribution < -0.4 is 14.2 Å². The van der Waals surface area contributed by atoms with Gasteiger partial charge in [0.1, 0.15) is 5.75 Å². The van der Waals surface area contributed by atoms with E-state index in [-0.39, 0.29) is 13.2 Å². The van der Waals surface area contributed by atoms with Gasteiger partial charge in [0.25, 0.3) is 0 Å². The van der Waals surface area contributed by atoms with Crippen molar-refractivity contribution in [3.8, 4) is 28.4 Å². The Kier molecular flexibility index (Phi) is 12.8. The van der Waals surface area contributed by atoms with E-state index in [0.29, 0.717) is 55.3 Å². The number of carbonyl (C=O) groups is 3. The molecule has 0 amide bonds. The monoisotopic (exact) mass is 584 g/mol. The molecule has 0 aliphatic rings. The second kappa shape index (κ2) is 17.0. The maximum atomic E-state index is 11.7. The van der Waals surface area contributed by atoms with Crippen molar-refractivity contribution in [3.05, 3.63) is 115 Å². The van der Waals surface area contributed by atoms with Crippen LogP contribution in [-0.2, 0) is 30.3 Å². The molecular weight excluding hydrogens is 548 g/mol. The van der Waals surface area contributed by atoms with Gasteiger partial charge in [0.05, 0.1) is 26.4 Å². The average Bonchev–Trinajstić information content (AvgIpc) is 3.02. The summed E-state index contributed by atoms with van der Waals surface area (Å²) in [4.78, 5) is 34.2. The highest BCUT2D eigenvalue weighted by Crippen LogP contribution is 2.30. The first-order valence-electron chi connectivity index (χ1n) is 13.8. The van der Waals surface area contributed by atoms with Crippen LogP contribution >= 0.6 is 0 Å². The molecule has 0 aliphatic carbocycles. The fraction of sp³-hybridized carbons (Fsp3) is 0.229. The lowest BCUT2D eigenvalue weighted by atomic mass is 10.00. The minimum absolute atomic E-state index is 0.212. The highest BCUT2D eigenvalue weighted by atomic mass is 16.5. The van der Waals surface area contributed by atoms with Gasteiger partial charge >= 0.3 is 17.9 Å². The molecule has 0 aromatic heterocycles. The molecule has 0 heterocycles. The molecule has 43 heavy (non-hydrogen) atoms. The van der Waals surface area contributed by atoms with Gasteiger partial charge in [0.2, 0.25) is 0 Å². The Morgan fingerprint density at radius 3 is 1.72 bits per heavy atom. The van der Waals surface area contributed by atoms with Gasteiger partial charge < -0.3 is 23.7 Å². The molecule has 0 atom stereocenters. The topological polar surface area (TPSA) is 97.4 Å². The number of hydrogen-bond acceptors (Lipinski definition) is 8. The van der Waals surface area contributed by atoms with Gasteiger partial charge in [0, 0.05) is 30.6 Å². The quantitative estimate of drug-likeness (QED) is 0.0776. The largest absolute Gasteiger partial charge is 0.490 e. The summed E-state index contributed by atoms with van der Waals surface area (Å²) in [5.74, 6) is 0.196. The molecule has 3 aromatic rings. The van der Waals surface area contributed by atoms with Crippen LogP contribution in [0.1, 0.15) is 30.9 Å². The number of rotatable bonds is 17. The Morgan fingerprint density at radius 1 is 0.674 bits per heavy atom. The smallest absolute Gasteiger partial charge is 0.338 e. The van der Waals surface area contributed by atoms with Gasteiger partial charge in [-0.2, -0.15) is 0 Å². The number of hydrogen-bond donors (Lipinski definition) is 0. The Balaban J connectivity index is 1.63. The Morgan fingerprint density at radius 2 is 1.19 bits per heavy atom. The first-order valence-corrected chi connectivity index (χ1v) is 13.8. The van der Waals surface area contributed by atoms with Gasteiger partial charge in [0.15, 0.2) is 11.5 Å². The second-order valence-electron chi connectivity index (χ2n) is 9.50. The van der Waals surface area contributed by atoms with Crippen molar-refractivity contribution < 1.29 is 38.1 Å². The average molecular weight is 585 g/mol. The lowest BCUT2D eigenvalue weighted by molar-refractivity contribution is -0.138. The molecule has 3 aromatic carbocycles. The molecule has 8 heteroatoms. The summed E-state index contributed by atoms with van der Waals surface area (Å²) in [5, 5.41) is 0. The van der Waals surface area contributed by atoms with Crippen molar-refractivity contribution in [2.24, 2.45) is 0 Å². The summed E-state index contributed by atoms with van der Waals surface area (Å²) >= 11 is 0. The Labute approximate surface area is 252 Å². The molecule has 0 fully saturated rings. The minimum atomic E-state index is -0.477. The van der Waals surface area contributed by atoms with E-state index in [1.54, 1.807) is 19.1 Å². The van der Waals surface area contributed by atoms with Crippen LogP contribution in [0.25, 0.3) is 11.1 Å². The third-order valence-corrected chi connectivity index (χ3v) is 6.03. The van der Waals surface area contributed by atoms with E-state index in [9.17, 15) is 14.4 Å². The maximum absolute atomic E-state index is 11.7. The first kappa shape index (κ1) is 32.4. The van der Waals surface area contributed by atoms with E-state index in [0.717, 1.165) is 34.4 Å². The van der Waals surface area contributed by atoms with Crippen molar-refractivity contribution in [1.29, 1.82) is 0 Å². The van der Waals surface area contributed by atoms with Gasteiger partial charge in [-0.05, 0) is 59.9 Å². The summed E-state index contributed by atoms with van der Waals surface area (Å²) in [5.41, 5.74) is 4.51. The van der Waals surface area contributed by atoms with Crippen LogP contribution in [0, 0.1) is 0 Å². The molecule has 224 valence electrons. The van der Waals surface area contributed by atoms with Crippen molar-refractivity contribution in [2.75, 3.05) is 26.4 Å². The lowest BCUT2D eigenvalue weighted by Crippen LogP contribution is -2.09. The molecule has 0 unspecified atom stereocenters. The van der Waals surface area contributed by atoms with E-state index in [1.165, 1.54) is 0 Å². The molecule has 0 N–H and O–H groups in total. The van der Waals surface area contributed by atoms with Crippen molar-refractivity contribution in [1.82, 2.24) is 0 Å². The Hall–Kier alpha value is -5.11. The van der Waals surface area contributed by atoms with Gasteiger partial charge in [-0.3, -0.25) is 0 Å². The summed E-state index contributed by atoms with van der Waals surface area (Å²) < 4.78 is 27.2. The zero-order valence-electron chi connectivity index (χ0n) is 24.3. The SMILES string of the molecule is C=CC(=O)OCCCOc1ccc(Cc2ccc(-c3ccc(OC(=O)C(=C)C)cc3)cc2)cc1OCCCOC(=O)C=C. The third kappa shape index (κ3) is 11.0. The molecule has 0 spiro atoms. The molecule has 0 saturated heterocycles. The molecular formula is C35H36O8. The third-order valence-electron chi connectivity index (χ3n) is 6.03. The lowest BCUT2D eigenvalue weighted by Gasteiger charge is -2.15. The predicted molar refractivity (Wildman–Crippen MR) is 164 cm³/mol. The summed E-state index contributed by atoms with van der Waals surface area (Å²) in [6.07, 6.45) is 3.91. The van der Waals surface area contributed by atoms with Gasteiger partial charge in [-0.25, -0.2) is 14.4 Å². The van der Waals surface area contributed by atoms with Gasteiger partial charge in [-0.1, -0.05) is 62.2 Å². The Bertz CT molecular complexity index is 1420. The standard InChI is InChI=1S/C35H36O8/c1-5-33(36)41-21-7-19-39-31-18-11-27(24-32(31)40-20-8-22-42-34(37)6-2)23-26-9-12-28(13-10-26)29-14-16-30(17-15-29)43-35(38)25(3)4/h5-6,9-18,24H,1-3,7-8,19-23H2,4H3. The predicted octanol–water partition coefficient (Wildman–Crippen LogP) is 6.42. The first-order chi connectivity index (χ1) is 20.8. The van der Waals surface area contributed by atoms with E-state index in [2.05, 4.69) is 31.9 Å². The molecule has 0 radical (unpaired) electrons. The minimum Gasteiger partial charge on any atom is -0.490 e. The van der Waals surface area contributed by atoms with Crippen LogP contribution in [0.2, 0.25) is 0 Å². The van der Waals surface area contributed by atoms with E-state index < -0.39 is 17.9 Å². The number of carbonyl (C=O) groups excluding carboxylic acids is 3.